The fraction of sp³-hybridized carbons (Fsp3) is 0.316. The lowest BCUT2D eigenvalue weighted by atomic mass is 10.2. The van der Waals surface area contributed by atoms with Crippen LogP contribution >= 0.6 is 0 Å². The minimum absolute atomic E-state index is 0.0939. The molecule has 1 atom stereocenters. The Balaban J connectivity index is 1.85. The van der Waals surface area contributed by atoms with Crippen LogP contribution < -0.4 is 19.7 Å². The summed E-state index contributed by atoms with van der Waals surface area (Å²) < 4.78 is 24.1. The summed E-state index contributed by atoms with van der Waals surface area (Å²) in [6.45, 7) is 1.12. The van der Waals surface area contributed by atoms with Crippen LogP contribution in [0.3, 0.4) is 0 Å². The number of carbonyl (C=O) groups is 1. The molecule has 2 aromatic rings. The lowest BCUT2D eigenvalue weighted by Crippen LogP contribution is -3.09. The summed E-state index contributed by atoms with van der Waals surface area (Å²) in [6, 6.07) is 12.1. The van der Waals surface area contributed by atoms with Gasteiger partial charge in [0.2, 0.25) is 0 Å². The number of ether oxygens (including phenoxy) is 2. The van der Waals surface area contributed by atoms with Crippen LogP contribution in [-0.4, -0.2) is 33.7 Å². The predicted octanol–water partition coefficient (Wildman–Crippen LogP) is 1.17. The number of hydrogen-bond donors (Lipinski definition) is 2. The van der Waals surface area contributed by atoms with E-state index >= 15 is 0 Å². The number of hydrogen-bond acceptors (Lipinski definition) is 3. The van der Waals surface area contributed by atoms with Gasteiger partial charge in [-0.1, -0.05) is 24.3 Å². The Labute approximate surface area is 147 Å². The fourth-order valence-electron chi connectivity index (χ4n) is 2.56. The van der Waals surface area contributed by atoms with E-state index < -0.39 is 0 Å². The molecule has 0 aliphatic rings. The minimum Gasteiger partial charge on any atom is -0.493 e. The van der Waals surface area contributed by atoms with Gasteiger partial charge in [0, 0.05) is 12.1 Å². The van der Waals surface area contributed by atoms with E-state index in [1.54, 1.807) is 38.5 Å². The maximum Gasteiger partial charge on any atom is 0.275 e. The molecule has 6 heteroatoms. The third-order valence-corrected chi connectivity index (χ3v) is 3.85. The number of methoxy groups -OCH3 is 2. The summed E-state index contributed by atoms with van der Waals surface area (Å²) in [7, 11) is 5.01. The molecule has 2 rings (SSSR count). The summed E-state index contributed by atoms with van der Waals surface area (Å²) in [5.41, 5.74) is 1.52. The van der Waals surface area contributed by atoms with Gasteiger partial charge in [0.25, 0.3) is 5.91 Å². The second kappa shape index (κ2) is 9.03. The number of amides is 1. The third kappa shape index (κ3) is 5.46. The van der Waals surface area contributed by atoms with E-state index in [0.717, 1.165) is 10.5 Å². The number of likely N-dealkylation sites (N-methyl/N-ethyl adjacent to an activating group) is 1. The number of halogens is 1. The van der Waals surface area contributed by atoms with E-state index in [4.69, 9.17) is 9.47 Å². The van der Waals surface area contributed by atoms with Crippen molar-refractivity contribution in [1.82, 2.24) is 5.32 Å². The second-order valence-electron chi connectivity index (χ2n) is 5.87. The van der Waals surface area contributed by atoms with Crippen LogP contribution in [0.1, 0.15) is 11.1 Å². The molecule has 0 aromatic heterocycles. The number of quaternary nitrogens is 1. The topological polar surface area (TPSA) is 52.0 Å². The zero-order chi connectivity index (χ0) is 18.2. The number of rotatable bonds is 8. The fourth-order valence-corrected chi connectivity index (χ4v) is 2.56. The Morgan fingerprint density at radius 1 is 1.12 bits per heavy atom. The average molecular weight is 347 g/mol. The first kappa shape index (κ1) is 18.7. The van der Waals surface area contributed by atoms with Crippen molar-refractivity contribution in [2.24, 2.45) is 0 Å². The Bertz CT molecular complexity index is 722. The standard InChI is InChI=1S/C19H23FN2O3/c1-22(12-15-6-4-5-7-16(15)20)13-19(23)21-11-14-8-9-17(24-2)18(10-14)25-3/h4-10H,11-13H2,1-3H3,(H,21,23)/p+1. The molecule has 1 unspecified atom stereocenters. The highest BCUT2D eigenvalue weighted by Crippen LogP contribution is 2.27. The van der Waals surface area contributed by atoms with Crippen LogP contribution in [0, 0.1) is 5.82 Å². The van der Waals surface area contributed by atoms with Crippen LogP contribution in [0.25, 0.3) is 0 Å². The van der Waals surface area contributed by atoms with Crippen LogP contribution in [-0.2, 0) is 17.9 Å². The molecule has 0 radical (unpaired) electrons. The Kier molecular flexibility index (Phi) is 6.77. The number of carbonyl (C=O) groups excluding carboxylic acids is 1. The molecule has 0 aliphatic heterocycles. The van der Waals surface area contributed by atoms with Crippen LogP contribution in [0.4, 0.5) is 4.39 Å². The molecule has 0 fully saturated rings. The van der Waals surface area contributed by atoms with Crippen molar-refractivity contribution in [3.05, 3.63) is 59.4 Å². The molecule has 1 amide bonds. The zero-order valence-electron chi connectivity index (χ0n) is 14.8. The predicted molar refractivity (Wildman–Crippen MR) is 93.3 cm³/mol. The van der Waals surface area contributed by atoms with Crippen molar-refractivity contribution in [2.75, 3.05) is 27.8 Å². The molecule has 0 saturated carbocycles. The van der Waals surface area contributed by atoms with Crippen molar-refractivity contribution >= 4 is 5.91 Å². The molecule has 2 N–H and O–H groups in total. The van der Waals surface area contributed by atoms with Gasteiger partial charge in [0.15, 0.2) is 18.0 Å². The Morgan fingerprint density at radius 3 is 2.52 bits per heavy atom. The SMILES string of the molecule is COc1ccc(CNC(=O)C[NH+](C)Cc2ccccc2F)cc1OC. The van der Waals surface area contributed by atoms with Crippen LogP contribution in [0.15, 0.2) is 42.5 Å². The molecule has 25 heavy (non-hydrogen) atoms. The molecule has 0 aliphatic carbocycles. The smallest absolute Gasteiger partial charge is 0.275 e. The highest BCUT2D eigenvalue weighted by molar-refractivity contribution is 5.76. The van der Waals surface area contributed by atoms with Gasteiger partial charge in [-0.2, -0.15) is 0 Å². The molecule has 0 heterocycles. The summed E-state index contributed by atoms with van der Waals surface area (Å²) >= 11 is 0. The first-order chi connectivity index (χ1) is 12.0. The maximum atomic E-state index is 13.7. The Hall–Kier alpha value is -2.60. The summed E-state index contributed by atoms with van der Waals surface area (Å²) in [5.74, 6) is 0.930. The van der Waals surface area contributed by atoms with Gasteiger partial charge < -0.3 is 19.7 Å². The van der Waals surface area contributed by atoms with E-state index in [0.29, 0.717) is 30.2 Å². The van der Waals surface area contributed by atoms with Gasteiger partial charge in [0.05, 0.1) is 21.3 Å². The second-order valence-corrected chi connectivity index (χ2v) is 5.87. The largest absolute Gasteiger partial charge is 0.493 e. The first-order valence-electron chi connectivity index (χ1n) is 8.05. The van der Waals surface area contributed by atoms with Crippen molar-refractivity contribution in [1.29, 1.82) is 0 Å². The van der Waals surface area contributed by atoms with Crippen molar-refractivity contribution in [3.63, 3.8) is 0 Å². The van der Waals surface area contributed by atoms with Gasteiger partial charge in [-0.15, -0.1) is 0 Å². The third-order valence-electron chi connectivity index (χ3n) is 3.85. The maximum absolute atomic E-state index is 13.7. The summed E-state index contributed by atoms with van der Waals surface area (Å²) in [4.78, 5) is 13.0. The van der Waals surface area contributed by atoms with Crippen molar-refractivity contribution in [2.45, 2.75) is 13.1 Å². The Morgan fingerprint density at radius 2 is 1.84 bits per heavy atom. The summed E-state index contributed by atoms with van der Waals surface area (Å²) in [6.07, 6.45) is 0. The molecule has 0 saturated heterocycles. The van der Waals surface area contributed by atoms with Gasteiger partial charge in [-0.25, -0.2) is 4.39 Å². The first-order valence-corrected chi connectivity index (χ1v) is 8.05. The van der Waals surface area contributed by atoms with Gasteiger partial charge >= 0.3 is 0 Å². The number of nitrogens with one attached hydrogen (secondary N) is 2. The highest BCUT2D eigenvalue weighted by atomic mass is 19.1. The average Bonchev–Trinajstić information content (AvgIpc) is 2.61. The van der Waals surface area contributed by atoms with Crippen LogP contribution in [0.2, 0.25) is 0 Å². The molecular weight excluding hydrogens is 323 g/mol. The molecule has 0 spiro atoms. The lowest BCUT2D eigenvalue weighted by Gasteiger charge is -2.15. The van der Waals surface area contributed by atoms with Gasteiger partial charge in [0.1, 0.15) is 12.4 Å². The molecule has 2 aromatic carbocycles. The highest BCUT2D eigenvalue weighted by Gasteiger charge is 2.13. The normalized spacial score (nSPS) is 11.7. The van der Waals surface area contributed by atoms with Crippen molar-refractivity contribution in [3.8, 4) is 11.5 Å². The van der Waals surface area contributed by atoms with E-state index in [1.807, 2.05) is 19.2 Å². The van der Waals surface area contributed by atoms with E-state index in [-0.39, 0.29) is 18.3 Å². The summed E-state index contributed by atoms with van der Waals surface area (Å²) in [5, 5.41) is 2.87. The van der Waals surface area contributed by atoms with E-state index in [2.05, 4.69) is 5.32 Å². The number of benzene rings is 2. The van der Waals surface area contributed by atoms with Crippen LogP contribution in [0.5, 0.6) is 11.5 Å². The molecule has 5 nitrogen and oxygen atoms in total. The lowest BCUT2D eigenvalue weighted by molar-refractivity contribution is -0.885. The van der Waals surface area contributed by atoms with Gasteiger partial charge in [-0.3, -0.25) is 4.79 Å². The van der Waals surface area contributed by atoms with E-state index in [9.17, 15) is 9.18 Å². The molecular formula is C19H24FN2O3+. The molecule has 0 bridgehead atoms. The van der Waals surface area contributed by atoms with E-state index in [1.165, 1.54) is 6.07 Å². The zero-order valence-corrected chi connectivity index (χ0v) is 14.8. The van der Waals surface area contributed by atoms with Gasteiger partial charge in [-0.05, 0) is 23.8 Å². The monoisotopic (exact) mass is 347 g/mol. The quantitative estimate of drug-likeness (QED) is 0.754. The molecule has 134 valence electrons. The minimum atomic E-state index is -0.243. The van der Waals surface area contributed by atoms with Crippen molar-refractivity contribution < 1.29 is 23.6 Å².